The SMILES string of the molecule is CSCCCCCNC(=O)NC(C(=O)O)c1cccs1. The molecule has 0 aliphatic carbocycles. The summed E-state index contributed by atoms with van der Waals surface area (Å²) < 4.78 is 0. The van der Waals surface area contributed by atoms with Crippen LogP contribution < -0.4 is 10.6 Å². The van der Waals surface area contributed by atoms with E-state index in [1.54, 1.807) is 17.5 Å². The van der Waals surface area contributed by atoms with Crippen molar-refractivity contribution in [3.63, 3.8) is 0 Å². The molecule has 0 aliphatic heterocycles. The lowest BCUT2D eigenvalue weighted by molar-refractivity contribution is -0.139. The number of aliphatic carboxylic acids is 1. The number of carboxylic acid groups (broad SMARTS) is 1. The summed E-state index contributed by atoms with van der Waals surface area (Å²) in [7, 11) is 0. The number of rotatable bonds is 9. The van der Waals surface area contributed by atoms with E-state index in [0.29, 0.717) is 11.4 Å². The normalized spacial score (nSPS) is 11.8. The molecule has 0 saturated heterocycles. The Kier molecular flexibility index (Phi) is 8.13. The van der Waals surface area contributed by atoms with Crippen molar-refractivity contribution in [3.05, 3.63) is 22.4 Å². The van der Waals surface area contributed by atoms with Crippen molar-refractivity contribution >= 4 is 35.1 Å². The number of carbonyl (C=O) groups is 2. The largest absolute Gasteiger partial charge is 0.479 e. The van der Waals surface area contributed by atoms with Gasteiger partial charge < -0.3 is 15.7 Å². The predicted molar refractivity (Wildman–Crippen MR) is 83.5 cm³/mol. The molecule has 0 aromatic carbocycles. The molecule has 112 valence electrons. The second-order valence-electron chi connectivity index (χ2n) is 4.24. The van der Waals surface area contributed by atoms with Crippen LogP contribution in [0.3, 0.4) is 0 Å². The Hall–Kier alpha value is -1.21. The topological polar surface area (TPSA) is 78.4 Å². The number of carbonyl (C=O) groups excluding carboxylic acids is 1. The van der Waals surface area contributed by atoms with Crippen molar-refractivity contribution < 1.29 is 14.7 Å². The zero-order valence-corrected chi connectivity index (χ0v) is 13.1. The Morgan fingerprint density at radius 1 is 1.40 bits per heavy atom. The number of hydrogen-bond acceptors (Lipinski definition) is 4. The highest BCUT2D eigenvalue weighted by atomic mass is 32.2. The molecule has 3 N–H and O–H groups in total. The fourth-order valence-electron chi connectivity index (χ4n) is 1.64. The smallest absolute Gasteiger partial charge is 0.331 e. The minimum atomic E-state index is -1.05. The first-order valence-electron chi connectivity index (χ1n) is 6.44. The van der Waals surface area contributed by atoms with Gasteiger partial charge in [0.15, 0.2) is 6.04 Å². The maximum absolute atomic E-state index is 11.7. The first kappa shape index (κ1) is 16.8. The maximum atomic E-state index is 11.7. The molecule has 0 saturated carbocycles. The summed E-state index contributed by atoms with van der Waals surface area (Å²) in [5.41, 5.74) is 0. The van der Waals surface area contributed by atoms with E-state index in [4.69, 9.17) is 5.11 Å². The molecule has 0 radical (unpaired) electrons. The summed E-state index contributed by atoms with van der Waals surface area (Å²) in [6.45, 7) is 0.566. The molecular formula is C13H20N2O3S2. The average molecular weight is 316 g/mol. The van der Waals surface area contributed by atoms with Gasteiger partial charge in [0.05, 0.1) is 0 Å². The van der Waals surface area contributed by atoms with Crippen molar-refractivity contribution in [2.75, 3.05) is 18.6 Å². The van der Waals surface area contributed by atoms with Crippen molar-refractivity contribution in [3.8, 4) is 0 Å². The van der Waals surface area contributed by atoms with Crippen molar-refractivity contribution in [2.45, 2.75) is 25.3 Å². The van der Waals surface area contributed by atoms with Crippen molar-refractivity contribution in [1.29, 1.82) is 0 Å². The van der Waals surface area contributed by atoms with Gasteiger partial charge >= 0.3 is 12.0 Å². The number of thioether (sulfide) groups is 1. The molecule has 0 fully saturated rings. The van der Waals surface area contributed by atoms with Crippen molar-refractivity contribution in [1.82, 2.24) is 10.6 Å². The first-order chi connectivity index (χ1) is 9.65. The number of urea groups is 1. The van der Waals surface area contributed by atoms with Gasteiger partial charge in [0.2, 0.25) is 0 Å². The Balaban J connectivity index is 2.27. The fraction of sp³-hybridized carbons (Fsp3) is 0.538. The molecule has 1 aromatic rings. The van der Waals surface area contributed by atoms with E-state index < -0.39 is 18.0 Å². The monoisotopic (exact) mass is 316 g/mol. The third kappa shape index (κ3) is 6.29. The van der Waals surface area contributed by atoms with Crippen LogP contribution in [0.25, 0.3) is 0 Å². The van der Waals surface area contributed by atoms with Gasteiger partial charge in [0.25, 0.3) is 0 Å². The van der Waals surface area contributed by atoms with Gasteiger partial charge in [-0.1, -0.05) is 12.5 Å². The van der Waals surface area contributed by atoms with Gasteiger partial charge in [-0.25, -0.2) is 9.59 Å². The highest BCUT2D eigenvalue weighted by molar-refractivity contribution is 7.98. The molecule has 5 nitrogen and oxygen atoms in total. The third-order valence-electron chi connectivity index (χ3n) is 2.66. The molecule has 0 spiro atoms. The molecule has 1 rings (SSSR count). The number of amides is 2. The van der Waals surface area contributed by atoms with Gasteiger partial charge in [0.1, 0.15) is 0 Å². The summed E-state index contributed by atoms with van der Waals surface area (Å²) in [5, 5.41) is 16.1. The van der Waals surface area contributed by atoms with E-state index >= 15 is 0 Å². The van der Waals surface area contributed by atoms with Gasteiger partial charge in [-0.3, -0.25) is 0 Å². The number of thiophene rings is 1. The van der Waals surface area contributed by atoms with Crippen LogP contribution in [-0.4, -0.2) is 35.7 Å². The molecule has 1 aromatic heterocycles. The van der Waals surface area contributed by atoms with Gasteiger partial charge in [0, 0.05) is 11.4 Å². The standard InChI is InChI=1S/C13H20N2O3S2/c1-19-8-4-2-3-7-14-13(18)15-11(12(16)17)10-6-5-9-20-10/h5-6,9,11H,2-4,7-8H2,1H3,(H,16,17)(H2,14,15,18). The quantitative estimate of drug-likeness (QED) is 0.612. The minimum absolute atomic E-state index is 0.435. The van der Waals surface area contributed by atoms with E-state index in [-0.39, 0.29) is 0 Å². The van der Waals surface area contributed by atoms with Crippen LogP contribution in [0.4, 0.5) is 4.79 Å². The van der Waals surface area contributed by atoms with Crippen LogP contribution in [0.1, 0.15) is 30.2 Å². The first-order valence-corrected chi connectivity index (χ1v) is 8.72. The van der Waals surface area contributed by atoms with Crippen LogP contribution in [-0.2, 0) is 4.79 Å². The van der Waals surface area contributed by atoms with Crippen LogP contribution in [0.5, 0.6) is 0 Å². The lowest BCUT2D eigenvalue weighted by Crippen LogP contribution is -2.40. The van der Waals surface area contributed by atoms with E-state index in [1.807, 2.05) is 11.8 Å². The van der Waals surface area contributed by atoms with E-state index in [2.05, 4.69) is 16.9 Å². The Morgan fingerprint density at radius 3 is 2.80 bits per heavy atom. The number of hydrogen-bond donors (Lipinski definition) is 3. The van der Waals surface area contributed by atoms with Crippen LogP contribution in [0, 0.1) is 0 Å². The molecule has 20 heavy (non-hydrogen) atoms. The number of carboxylic acids is 1. The van der Waals surface area contributed by atoms with E-state index in [1.165, 1.54) is 11.3 Å². The summed E-state index contributed by atoms with van der Waals surface area (Å²) >= 11 is 3.13. The maximum Gasteiger partial charge on any atom is 0.331 e. The molecule has 0 aliphatic rings. The highest BCUT2D eigenvalue weighted by Crippen LogP contribution is 2.18. The molecular weight excluding hydrogens is 296 g/mol. The summed E-state index contributed by atoms with van der Waals surface area (Å²) in [4.78, 5) is 23.4. The summed E-state index contributed by atoms with van der Waals surface area (Å²) in [6.07, 6.45) is 5.18. The molecule has 1 atom stereocenters. The Bertz CT molecular complexity index is 410. The molecule has 7 heteroatoms. The van der Waals surface area contributed by atoms with Gasteiger partial charge in [-0.2, -0.15) is 11.8 Å². The molecule has 2 amide bonds. The number of nitrogens with one attached hydrogen (secondary N) is 2. The van der Waals surface area contributed by atoms with Crippen LogP contribution >= 0.6 is 23.1 Å². The molecule has 0 bridgehead atoms. The fourth-order valence-corrected chi connectivity index (χ4v) is 2.90. The van der Waals surface area contributed by atoms with Crippen LogP contribution in [0.2, 0.25) is 0 Å². The third-order valence-corrected chi connectivity index (χ3v) is 4.29. The zero-order valence-electron chi connectivity index (χ0n) is 11.4. The predicted octanol–water partition coefficient (Wildman–Crippen LogP) is 2.71. The second kappa shape index (κ2) is 9.66. The Labute approximate surface area is 127 Å². The summed E-state index contributed by atoms with van der Waals surface area (Å²) in [5.74, 6) is 0.0774. The highest BCUT2D eigenvalue weighted by Gasteiger charge is 2.22. The minimum Gasteiger partial charge on any atom is -0.479 e. The zero-order chi connectivity index (χ0) is 14.8. The van der Waals surface area contributed by atoms with E-state index in [9.17, 15) is 9.59 Å². The van der Waals surface area contributed by atoms with E-state index in [0.717, 1.165) is 25.0 Å². The molecule has 1 heterocycles. The lowest BCUT2D eigenvalue weighted by Gasteiger charge is -2.13. The Morgan fingerprint density at radius 2 is 2.20 bits per heavy atom. The summed E-state index contributed by atoms with van der Waals surface area (Å²) in [6, 6.07) is 2.05. The van der Waals surface area contributed by atoms with Gasteiger partial charge in [-0.15, -0.1) is 11.3 Å². The average Bonchev–Trinajstić information content (AvgIpc) is 2.93. The molecule has 1 unspecified atom stereocenters. The number of unbranched alkanes of at least 4 members (excludes halogenated alkanes) is 2. The van der Waals surface area contributed by atoms with Crippen molar-refractivity contribution in [2.24, 2.45) is 0 Å². The van der Waals surface area contributed by atoms with Crippen LogP contribution in [0.15, 0.2) is 17.5 Å². The lowest BCUT2D eigenvalue weighted by atomic mass is 10.2. The van der Waals surface area contributed by atoms with Gasteiger partial charge in [-0.05, 0) is 36.3 Å². The second-order valence-corrected chi connectivity index (χ2v) is 6.21.